The van der Waals surface area contributed by atoms with Gasteiger partial charge in [-0.05, 0) is 31.4 Å². The van der Waals surface area contributed by atoms with Gasteiger partial charge in [0.15, 0.2) is 11.6 Å². The van der Waals surface area contributed by atoms with E-state index in [1.807, 2.05) is 6.92 Å². The number of piperidine rings is 1. The average molecular weight is 341 g/mol. The summed E-state index contributed by atoms with van der Waals surface area (Å²) in [5.41, 5.74) is -1.76. The highest BCUT2D eigenvalue weighted by atomic mass is 19.1. The number of amides is 1. The standard InChI is InChI=1S/C17H21F2NO4/c1-3-7-17(16(22)23)8-4-9-20(10-17)15(21)13-11(18)5-6-12(24-2)14(13)19/h5-6H,3-4,7-10H2,1-2H3,(H,22,23). The van der Waals surface area contributed by atoms with Gasteiger partial charge in [0.1, 0.15) is 11.4 Å². The number of carbonyl (C=O) groups is 2. The number of hydrogen-bond donors (Lipinski definition) is 1. The first kappa shape index (κ1) is 18.2. The molecule has 1 aromatic rings. The van der Waals surface area contributed by atoms with E-state index in [0.717, 1.165) is 12.1 Å². The van der Waals surface area contributed by atoms with Crippen molar-refractivity contribution < 1.29 is 28.2 Å². The third kappa shape index (κ3) is 3.20. The summed E-state index contributed by atoms with van der Waals surface area (Å²) in [6, 6.07) is 2.08. The maximum Gasteiger partial charge on any atom is 0.311 e. The molecule has 1 aromatic carbocycles. The molecule has 1 aliphatic rings. The van der Waals surface area contributed by atoms with Crippen molar-refractivity contribution in [1.29, 1.82) is 0 Å². The van der Waals surface area contributed by atoms with E-state index in [-0.39, 0.29) is 18.8 Å². The van der Waals surface area contributed by atoms with E-state index in [9.17, 15) is 23.5 Å². The Kier molecular flexibility index (Phi) is 5.41. The van der Waals surface area contributed by atoms with Crippen LogP contribution in [-0.4, -0.2) is 42.1 Å². The zero-order chi connectivity index (χ0) is 17.9. The van der Waals surface area contributed by atoms with Crippen molar-refractivity contribution in [3.05, 3.63) is 29.3 Å². The highest BCUT2D eigenvalue weighted by Crippen LogP contribution is 2.36. The minimum atomic E-state index is -1.07. The van der Waals surface area contributed by atoms with Gasteiger partial charge in [-0.25, -0.2) is 8.78 Å². The minimum absolute atomic E-state index is 0.0505. The Morgan fingerprint density at radius 2 is 2.08 bits per heavy atom. The molecule has 24 heavy (non-hydrogen) atoms. The van der Waals surface area contributed by atoms with Crippen LogP contribution in [-0.2, 0) is 4.79 Å². The molecule has 0 bridgehead atoms. The molecule has 0 spiro atoms. The van der Waals surface area contributed by atoms with Crippen molar-refractivity contribution >= 4 is 11.9 Å². The van der Waals surface area contributed by atoms with E-state index in [1.165, 1.54) is 12.0 Å². The van der Waals surface area contributed by atoms with Crippen LogP contribution >= 0.6 is 0 Å². The zero-order valence-electron chi connectivity index (χ0n) is 13.8. The Hall–Kier alpha value is -2.18. The summed E-state index contributed by atoms with van der Waals surface area (Å²) in [6.07, 6.45) is 1.99. The summed E-state index contributed by atoms with van der Waals surface area (Å²) >= 11 is 0. The van der Waals surface area contributed by atoms with Crippen LogP contribution in [0, 0.1) is 17.0 Å². The monoisotopic (exact) mass is 341 g/mol. The van der Waals surface area contributed by atoms with Gasteiger partial charge in [0.2, 0.25) is 0 Å². The molecule has 1 aliphatic heterocycles. The van der Waals surface area contributed by atoms with Crippen molar-refractivity contribution in [3.8, 4) is 5.75 Å². The lowest BCUT2D eigenvalue weighted by Gasteiger charge is -2.40. The normalized spacial score (nSPS) is 20.8. The highest BCUT2D eigenvalue weighted by Gasteiger charge is 2.43. The van der Waals surface area contributed by atoms with Crippen LogP contribution in [0.5, 0.6) is 5.75 Å². The second-order valence-corrected chi connectivity index (χ2v) is 6.10. The Labute approximate surface area is 139 Å². The van der Waals surface area contributed by atoms with Crippen LogP contribution in [0.15, 0.2) is 12.1 Å². The Bertz CT molecular complexity index is 646. The molecule has 1 atom stereocenters. The van der Waals surface area contributed by atoms with Crippen molar-refractivity contribution in [1.82, 2.24) is 4.90 Å². The van der Waals surface area contributed by atoms with Gasteiger partial charge < -0.3 is 14.7 Å². The van der Waals surface area contributed by atoms with E-state index in [0.29, 0.717) is 25.7 Å². The number of ether oxygens (including phenoxy) is 1. The quantitative estimate of drug-likeness (QED) is 0.894. The number of nitrogens with zero attached hydrogens (tertiary/aromatic N) is 1. The third-order valence-electron chi connectivity index (χ3n) is 4.54. The van der Waals surface area contributed by atoms with Crippen LogP contribution in [0.1, 0.15) is 43.0 Å². The fourth-order valence-corrected chi connectivity index (χ4v) is 3.31. The van der Waals surface area contributed by atoms with Crippen LogP contribution in [0.25, 0.3) is 0 Å². The van der Waals surface area contributed by atoms with Crippen molar-refractivity contribution in [2.75, 3.05) is 20.2 Å². The molecule has 1 unspecified atom stereocenters. The molecular weight excluding hydrogens is 320 g/mol. The van der Waals surface area contributed by atoms with Crippen LogP contribution in [0.2, 0.25) is 0 Å². The topological polar surface area (TPSA) is 66.8 Å². The lowest BCUT2D eigenvalue weighted by Crippen LogP contribution is -2.50. The molecule has 1 heterocycles. The number of carboxylic acid groups (broad SMARTS) is 1. The number of carbonyl (C=O) groups excluding carboxylic acids is 1. The molecule has 0 radical (unpaired) electrons. The first-order valence-corrected chi connectivity index (χ1v) is 7.91. The Balaban J connectivity index is 2.35. The number of carboxylic acids is 1. The summed E-state index contributed by atoms with van der Waals surface area (Å²) in [5.74, 6) is -4.10. The first-order valence-electron chi connectivity index (χ1n) is 7.91. The van der Waals surface area contributed by atoms with Crippen LogP contribution in [0.4, 0.5) is 8.78 Å². The van der Waals surface area contributed by atoms with Gasteiger partial charge in [-0.2, -0.15) is 0 Å². The maximum atomic E-state index is 14.3. The maximum absolute atomic E-state index is 14.3. The van der Waals surface area contributed by atoms with Gasteiger partial charge in [0.05, 0.1) is 12.5 Å². The summed E-state index contributed by atoms with van der Waals surface area (Å²) in [5, 5.41) is 9.58. The van der Waals surface area contributed by atoms with Gasteiger partial charge in [0, 0.05) is 13.1 Å². The highest BCUT2D eigenvalue weighted by molar-refractivity contribution is 5.95. The van der Waals surface area contributed by atoms with E-state index >= 15 is 0 Å². The Morgan fingerprint density at radius 1 is 1.38 bits per heavy atom. The number of likely N-dealkylation sites (tertiary alicyclic amines) is 1. The van der Waals surface area contributed by atoms with Crippen LogP contribution in [0.3, 0.4) is 0 Å². The Morgan fingerprint density at radius 3 is 2.67 bits per heavy atom. The van der Waals surface area contributed by atoms with Gasteiger partial charge in [-0.15, -0.1) is 0 Å². The third-order valence-corrected chi connectivity index (χ3v) is 4.54. The largest absolute Gasteiger partial charge is 0.494 e. The number of halogens is 2. The summed E-state index contributed by atoms with van der Waals surface area (Å²) in [6.45, 7) is 2.09. The number of rotatable bonds is 5. The molecule has 5 nitrogen and oxygen atoms in total. The lowest BCUT2D eigenvalue weighted by atomic mass is 9.76. The van der Waals surface area contributed by atoms with Gasteiger partial charge in [0.25, 0.3) is 5.91 Å². The SMILES string of the molecule is CCCC1(C(=O)O)CCCN(C(=O)c2c(F)ccc(OC)c2F)C1. The minimum Gasteiger partial charge on any atom is -0.494 e. The van der Waals surface area contributed by atoms with E-state index in [4.69, 9.17) is 4.74 Å². The van der Waals surface area contributed by atoms with E-state index in [1.54, 1.807) is 0 Å². The zero-order valence-corrected chi connectivity index (χ0v) is 13.8. The molecule has 2 rings (SSSR count). The first-order chi connectivity index (χ1) is 11.4. The predicted octanol–water partition coefficient (Wildman–Crippen LogP) is 3.08. The fourth-order valence-electron chi connectivity index (χ4n) is 3.31. The van der Waals surface area contributed by atoms with Crippen molar-refractivity contribution in [2.24, 2.45) is 5.41 Å². The molecule has 1 fully saturated rings. The number of benzene rings is 1. The fraction of sp³-hybridized carbons (Fsp3) is 0.529. The second kappa shape index (κ2) is 7.15. The molecule has 1 amide bonds. The molecule has 0 aromatic heterocycles. The van der Waals surface area contributed by atoms with Crippen molar-refractivity contribution in [2.45, 2.75) is 32.6 Å². The van der Waals surface area contributed by atoms with Crippen molar-refractivity contribution in [3.63, 3.8) is 0 Å². The number of aliphatic carboxylic acids is 1. The second-order valence-electron chi connectivity index (χ2n) is 6.10. The molecule has 1 saturated heterocycles. The molecular formula is C17H21F2NO4. The smallest absolute Gasteiger partial charge is 0.311 e. The number of methoxy groups -OCH3 is 1. The summed E-state index contributed by atoms with van der Waals surface area (Å²) in [7, 11) is 1.22. The molecule has 7 heteroatoms. The molecule has 0 saturated carbocycles. The average Bonchev–Trinajstić information content (AvgIpc) is 2.55. The lowest BCUT2D eigenvalue weighted by molar-refractivity contribution is -0.152. The van der Waals surface area contributed by atoms with Gasteiger partial charge >= 0.3 is 5.97 Å². The van der Waals surface area contributed by atoms with E-state index in [2.05, 4.69) is 0 Å². The molecule has 1 N–H and O–H groups in total. The van der Waals surface area contributed by atoms with Gasteiger partial charge in [-0.3, -0.25) is 9.59 Å². The molecule has 0 aliphatic carbocycles. The number of hydrogen-bond acceptors (Lipinski definition) is 3. The van der Waals surface area contributed by atoms with E-state index < -0.39 is 34.5 Å². The van der Waals surface area contributed by atoms with Crippen LogP contribution < -0.4 is 4.74 Å². The summed E-state index contributed by atoms with van der Waals surface area (Å²) < 4.78 is 33.1. The molecule has 132 valence electrons. The summed E-state index contributed by atoms with van der Waals surface area (Å²) in [4.78, 5) is 25.6. The predicted molar refractivity (Wildman–Crippen MR) is 83.0 cm³/mol. The van der Waals surface area contributed by atoms with Gasteiger partial charge in [-0.1, -0.05) is 13.3 Å².